The third-order valence-corrected chi connectivity index (χ3v) is 5.65. The van der Waals surface area contributed by atoms with Crippen molar-refractivity contribution < 1.29 is 9.90 Å². The van der Waals surface area contributed by atoms with E-state index in [1.54, 1.807) is 0 Å². The molecular weight excluding hydrogens is 272 g/mol. The summed E-state index contributed by atoms with van der Waals surface area (Å²) in [5.41, 5.74) is 0.667. The minimum absolute atomic E-state index is 0.0510. The highest BCUT2D eigenvalue weighted by Crippen LogP contribution is 2.60. The van der Waals surface area contributed by atoms with Gasteiger partial charge in [-0.2, -0.15) is 0 Å². The molecule has 2 aliphatic rings. The van der Waals surface area contributed by atoms with Crippen LogP contribution in [0.5, 0.6) is 0 Å². The van der Waals surface area contributed by atoms with Gasteiger partial charge >= 0.3 is 0 Å². The first kappa shape index (κ1) is 13.7. The quantitative estimate of drug-likeness (QED) is 0.759. The Hall–Kier alpha value is -1.93. The molecule has 111 valence electrons. The number of Topliss-reactive ketones (excluding diaryl/α,β-unsaturated/α-hetero) is 1. The standard InChI is InChI=1S/C20H19O2/c21-18(16-8-2-1-3-9-16)19-12-6-13-20(19,22)17-10-5-4-7-15(17)11-14-19/h1-5,7-10H,6,11-14H2. The molecule has 2 aromatic rings. The zero-order chi connectivity index (χ0) is 15.2. The highest BCUT2D eigenvalue weighted by Gasteiger charge is 2.62. The first-order valence-corrected chi connectivity index (χ1v) is 8.06. The molecule has 0 bridgehead atoms. The van der Waals surface area contributed by atoms with Crippen LogP contribution in [0.25, 0.3) is 0 Å². The van der Waals surface area contributed by atoms with Crippen molar-refractivity contribution >= 4 is 5.78 Å². The SMILES string of the molecule is [O]C12CCCC1(C(=O)c1ccccc1)CCc1ccccc12. The summed E-state index contributed by atoms with van der Waals surface area (Å²) in [6.45, 7) is 0. The Morgan fingerprint density at radius 2 is 1.59 bits per heavy atom. The highest BCUT2D eigenvalue weighted by molar-refractivity contribution is 6.02. The monoisotopic (exact) mass is 291 g/mol. The average Bonchev–Trinajstić information content (AvgIpc) is 2.94. The molecule has 0 aromatic heterocycles. The number of benzene rings is 2. The second-order valence-electron chi connectivity index (χ2n) is 6.61. The largest absolute Gasteiger partial charge is 0.293 e. The maximum absolute atomic E-state index is 13.8. The Morgan fingerprint density at radius 1 is 0.864 bits per heavy atom. The van der Waals surface area contributed by atoms with E-state index < -0.39 is 11.0 Å². The minimum Gasteiger partial charge on any atom is -0.293 e. The highest BCUT2D eigenvalue weighted by atomic mass is 16.3. The van der Waals surface area contributed by atoms with Gasteiger partial charge in [-0.15, -0.1) is 0 Å². The van der Waals surface area contributed by atoms with E-state index >= 15 is 0 Å². The molecule has 0 saturated heterocycles. The minimum atomic E-state index is -1.26. The second kappa shape index (κ2) is 4.79. The Balaban J connectivity index is 1.86. The fourth-order valence-electron chi connectivity index (χ4n) is 4.56. The van der Waals surface area contributed by atoms with Crippen LogP contribution < -0.4 is 0 Å². The van der Waals surface area contributed by atoms with Gasteiger partial charge in [0, 0.05) is 5.56 Å². The van der Waals surface area contributed by atoms with Crippen molar-refractivity contribution in [3.63, 3.8) is 0 Å². The van der Waals surface area contributed by atoms with Gasteiger partial charge < -0.3 is 0 Å². The van der Waals surface area contributed by atoms with Crippen molar-refractivity contribution in [3.8, 4) is 0 Å². The molecule has 2 aliphatic carbocycles. The molecule has 2 nitrogen and oxygen atoms in total. The first-order valence-electron chi connectivity index (χ1n) is 8.06. The number of aryl methyl sites for hydroxylation is 1. The number of carbonyl (C=O) groups is 1. The van der Waals surface area contributed by atoms with Gasteiger partial charge in [0.1, 0.15) is 5.60 Å². The normalized spacial score (nSPS) is 29.7. The number of hydrogen-bond donors (Lipinski definition) is 0. The average molecular weight is 291 g/mol. The Bertz CT molecular complexity index is 721. The molecule has 4 rings (SSSR count). The summed E-state index contributed by atoms with van der Waals surface area (Å²) in [6.07, 6.45) is 3.65. The maximum Gasteiger partial charge on any atom is 0.172 e. The van der Waals surface area contributed by atoms with Crippen LogP contribution in [0.15, 0.2) is 54.6 Å². The Kier molecular flexibility index (Phi) is 2.98. The molecule has 0 N–H and O–H groups in total. The number of ketones is 1. The molecular formula is C20H19O2. The third kappa shape index (κ3) is 1.67. The van der Waals surface area contributed by atoms with Gasteiger partial charge in [0.25, 0.3) is 0 Å². The van der Waals surface area contributed by atoms with Gasteiger partial charge in [-0.05, 0) is 43.2 Å². The topological polar surface area (TPSA) is 37.0 Å². The van der Waals surface area contributed by atoms with Crippen LogP contribution in [0.1, 0.15) is 47.2 Å². The maximum atomic E-state index is 13.8. The molecule has 0 aliphatic heterocycles. The van der Waals surface area contributed by atoms with Gasteiger partial charge in [0.05, 0.1) is 5.41 Å². The summed E-state index contributed by atoms with van der Waals surface area (Å²) in [5.74, 6) is 0.0510. The molecule has 2 unspecified atom stereocenters. The van der Waals surface area contributed by atoms with Crippen LogP contribution in [0, 0.1) is 5.41 Å². The molecule has 2 heteroatoms. The summed E-state index contributed by atoms with van der Waals surface area (Å²) >= 11 is 0. The van der Waals surface area contributed by atoms with Crippen LogP contribution in [-0.4, -0.2) is 5.78 Å². The summed E-state index contributed by atoms with van der Waals surface area (Å²) in [6, 6.07) is 17.3. The molecule has 1 radical (unpaired) electrons. The molecule has 1 fully saturated rings. The molecule has 2 aromatic carbocycles. The van der Waals surface area contributed by atoms with Gasteiger partial charge in [0.2, 0.25) is 0 Å². The lowest BCUT2D eigenvalue weighted by Gasteiger charge is -2.44. The number of fused-ring (bicyclic) bond motifs is 3. The summed E-state index contributed by atoms with van der Waals surface area (Å²) < 4.78 is 0. The predicted molar refractivity (Wildman–Crippen MR) is 84.2 cm³/mol. The number of rotatable bonds is 2. The zero-order valence-electron chi connectivity index (χ0n) is 12.5. The molecule has 2 atom stereocenters. The molecule has 1 saturated carbocycles. The second-order valence-corrected chi connectivity index (χ2v) is 6.61. The van der Waals surface area contributed by atoms with Gasteiger partial charge in [-0.3, -0.25) is 4.79 Å². The van der Waals surface area contributed by atoms with E-state index in [1.807, 2.05) is 54.6 Å². The van der Waals surface area contributed by atoms with Crippen LogP contribution in [-0.2, 0) is 17.1 Å². The van der Waals surface area contributed by atoms with E-state index in [9.17, 15) is 9.90 Å². The van der Waals surface area contributed by atoms with E-state index in [-0.39, 0.29) is 5.78 Å². The van der Waals surface area contributed by atoms with Crippen LogP contribution >= 0.6 is 0 Å². The number of carbonyl (C=O) groups excluding carboxylic acids is 1. The third-order valence-electron chi connectivity index (χ3n) is 5.65. The van der Waals surface area contributed by atoms with Crippen molar-refractivity contribution in [2.75, 3.05) is 0 Å². The van der Waals surface area contributed by atoms with Crippen LogP contribution in [0.4, 0.5) is 0 Å². The molecule has 0 amide bonds. The predicted octanol–water partition coefficient (Wildman–Crippen LogP) is 4.31. The lowest BCUT2D eigenvalue weighted by atomic mass is 9.59. The first-order chi connectivity index (χ1) is 10.7. The van der Waals surface area contributed by atoms with Gasteiger partial charge in [-0.1, -0.05) is 54.6 Å². The fourth-order valence-corrected chi connectivity index (χ4v) is 4.56. The summed E-state index contributed by atoms with van der Waals surface area (Å²) in [5, 5.41) is 13.8. The summed E-state index contributed by atoms with van der Waals surface area (Å²) in [4.78, 5) is 13.2. The van der Waals surface area contributed by atoms with Crippen LogP contribution in [0.2, 0.25) is 0 Å². The van der Waals surface area contributed by atoms with Crippen molar-refractivity contribution in [2.24, 2.45) is 5.41 Å². The molecule has 0 spiro atoms. The Morgan fingerprint density at radius 3 is 2.41 bits per heavy atom. The molecule has 0 heterocycles. The van der Waals surface area contributed by atoms with E-state index in [2.05, 4.69) is 0 Å². The van der Waals surface area contributed by atoms with E-state index in [0.717, 1.165) is 30.4 Å². The fraction of sp³-hybridized carbons (Fsp3) is 0.350. The van der Waals surface area contributed by atoms with E-state index in [4.69, 9.17) is 0 Å². The zero-order valence-corrected chi connectivity index (χ0v) is 12.5. The van der Waals surface area contributed by atoms with Crippen molar-refractivity contribution in [1.29, 1.82) is 0 Å². The lowest BCUT2D eigenvalue weighted by molar-refractivity contribution is -0.111. The van der Waals surface area contributed by atoms with E-state index in [1.165, 1.54) is 0 Å². The van der Waals surface area contributed by atoms with Gasteiger partial charge in [0.15, 0.2) is 5.78 Å². The van der Waals surface area contributed by atoms with Crippen molar-refractivity contribution in [3.05, 3.63) is 71.3 Å². The molecule has 22 heavy (non-hydrogen) atoms. The smallest absolute Gasteiger partial charge is 0.172 e. The van der Waals surface area contributed by atoms with Crippen LogP contribution in [0.3, 0.4) is 0 Å². The van der Waals surface area contributed by atoms with E-state index in [0.29, 0.717) is 18.4 Å². The van der Waals surface area contributed by atoms with Gasteiger partial charge in [-0.25, -0.2) is 5.11 Å². The summed E-state index contributed by atoms with van der Waals surface area (Å²) in [7, 11) is 0. The number of hydrogen-bond acceptors (Lipinski definition) is 1. The van der Waals surface area contributed by atoms with Crippen molar-refractivity contribution in [2.45, 2.75) is 37.7 Å². The lowest BCUT2D eigenvalue weighted by Crippen LogP contribution is -2.49. The Labute approximate surface area is 130 Å². The van der Waals surface area contributed by atoms with Crippen molar-refractivity contribution in [1.82, 2.24) is 0 Å².